The van der Waals surface area contributed by atoms with Crippen molar-refractivity contribution in [2.45, 2.75) is 19.8 Å². The van der Waals surface area contributed by atoms with Gasteiger partial charge in [-0.1, -0.05) is 29.8 Å². The largest absolute Gasteiger partial charge is 0.490 e. The standard InChI is InChI=1S/C29H28ClFN4O5/c1-3-7-20-14-19(17-32-35-27(37)16-26(36)34-24-9-6-5-8-23(24)30)15-25(39-4-2)29(20)40-18-28(38)33-22-12-10-21(31)11-13-22/h3,5-6,8-15,17H,1,4,7,16,18H2,2H3,(H,33,38)(H,34,36)(H,35,37). The van der Waals surface area contributed by atoms with Gasteiger partial charge in [-0.25, -0.2) is 9.82 Å². The van der Waals surface area contributed by atoms with Crippen molar-refractivity contribution < 1.29 is 28.2 Å². The molecule has 40 heavy (non-hydrogen) atoms. The number of amides is 3. The Morgan fingerprint density at radius 2 is 1.75 bits per heavy atom. The van der Waals surface area contributed by atoms with Gasteiger partial charge in [-0.05, 0) is 67.4 Å². The van der Waals surface area contributed by atoms with Crippen LogP contribution in [0.1, 0.15) is 24.5 Å². The first kappa shape index (κ1) is 29.9. The summed E-state index contributed by atoms with van der Waals surface area (Å²) < 4.78 is 24.6. The highest BCUT2D eigenvalue weighted by Crippen LogP contribution is 2.33. The summed E-state index contributed by atoms with van der Waals surface area (Å²) in [6.07, 6.45) is 2.99. The molecule has 3 rings (SSSR count). The highest BCUT2D eigenvalue weighted by atomic mass is 35.5. The van der Waals surface area contributed by atoms with Crippen molar-refractivity contribution in [2.24, 2.45) is 5.10 Å². The molecule has 3 amide bonds. The number of hydrogen-bond acceptors (Lipinski definition) is 6. The van der Waals surface area contributed by atoms with Crippen LogP contribution in [0.15, 0.2) is 78.4 Å². The lowest BCUT2D eigenvalue weighted by molar-refractivity contribution is -0.126. The van der Waals surface area contributed by atoms with Crippen LogP contribution >= 0.6 is 11.6 Å². The van der Waals surface area contributed by atoms with Crippen LogP contribution in [0.5, 0.6) is 11.5 Å². The third-order valence-corrected chi connectivity index (χ3v) is 5.50. The molecule has 11 heteroatoms. The zero-order chi connectivity index (χ0) is 28.9. The lowest BCUT2D eigenvalue weighted by Crippen LogP contribution is -2.24. The molecule has 9 nitrogen and oxygen atoms in total. The summed E-state index contributed by atoms with van der Waals surface area (Å²) in [6.45, 7) is 5.57. The van der Waals surface area contributed by atoms with Crippen molar-refractivity contribution in [3.63, 3.8) is 0 Å². The maximum absolute atomic E-state index is 13.1. The van der Waals surface area contributed by atoms with Crippen LogP contribution in [-0.4, -0.2) is 37.1 Å². The van der Waals surface area contributed by atoms with Crippen LogP contribution < -0.4 is 25.5 Å². The normalized spacial score (nSPS) is 10.6. The lowest BCUT2D eigenvalue weighted by Gasteiger charge is -2.16. The SMILES string of the molecule is C=CCc1cc(C=NNC(=O)CC(=O)Nc2ccccc2Cl)cc(OCC)c1OCC(=O)Nc1ccc(F)cc1. The molecule has 0 fully saturated rings. The Hall–Kier alpha value is -4.70. The van der Waals surface area contributed by atoms with Gasteiger partial charge in [0.25, 0.3) is 5.91 Å². The van der Waals surface area contributed by atoms with Crippen molar-refractivity contribution >= 4 is 46.9 Å². The molecule has 0 saturated heterocycles. The highest BCUT2D eigenvalue weighted by molar-refractivity contribution is 6.33. The van der Waals surface area contributed by atoms with Gasteiger partial charge in [0.05, 0.1) is 23.5 Å². The number of para-hydroxylation sites is 1. The lowest BCUT2D eigenvalue weighted by atomic mass is 10.1. The van der Waals surface area contributed by atoms with Crippen LogP contribution in [0.4, 0.5) is 15.8 Å². The number of hydrogen-bond donors (Lipinski definition) is 3. The zero-order valence-electron chi connectivity index (χ0n) is 21.7. The summed E-state index contributed by atoms with van der Waals surface area (Å²) in [7, 11) is 0. The minimum atomic E-state index is -0.621. The summed E-state index contributed by atoms with van der Waals surface area (Å²) in [6, 6.07) is 15.4. The number of anilines is 2. The van der Waals surface area contributed by atoms with E-state index in [1.54, 1.807) is 49.4 Å². The minimum Gasteiger partial charge on any atom is -0.490 e. The predicted octanol–water partition coefficient (Wildman–Crippen LogP) is 5.10. The molecule has 0 saturated carbocycles. The number of carbonyl (C=O) groups is 3. The molecule has 208 valence electrons. The van der Waals surface area contributed by atoms with Crippen molar-refractivity contribution in [2.75, 3.05) is 23.8 Å². The zero-order valence-corrected chi connectivity index (χ0v) is 22.5. The molecule has 3 N–H and O–H groups in total. The van der Waals surface area contributed by atoms with E-state index in [1.807, 2.05) is 0 Å². The van der Waals surface area contributed by atoms with Gasteiger partial charge in [-0.3, -0.25) is 14.4 Å². The first-order chi connectivity index (χ1) is 19.3. The van der Waals surface area contributed by atoms with Crippen molar-refractivity contribution in [1.29, 1.82) is 0 Å². The molecule has 0 aliphatic carbocycles. The van der Waals surface area contributed by atoms with E-state index in [1.165, 1.54) is 30.5 Å². The van der Waals surface area contributed by atoms with Gasteiger partial charge in [0.2, 0.25) is 11.8 Å². The van der Waals surface area contributed by atoms with Crippen molar-refractivity contribution in [3.05, 3.63) is 95.3 Å². The van der Waals surface area contributed by atoms with E-state index in [0.717, 1.165) is 0 Å². The maximum Gasteiger partial charge on any atom is 0.262 e. The van der Waals surface area contributed by atoms with Gasteiger partial charge in [0.1, 0.15) is 12.2 Å². The number of benzene rings is 3. The van der Waals surface area contributed by atoms with Gasteiger partial charge in [-0.2, -0.15) is 5.10 Å². The molecule has 0 spiro atoms. The summed E-state index contributed by atoms with van der Waals surface area (Å²) in [5.41, 5.74) is 4.39. The number of nitrogens with one attached hydrogen (secondary N) is 3. The van der Waals surface area contributed by atoms with Gasteiger partial charge in [-0.15, -0.1) is 6.58 Å². The van der Waals surface area contributed by atoms with Crippen LogP contribution in [0.3, 0.4) is 0 Å². The monoisotopic (exact) mass is 566 g/mol. The molecule has 3 aromatic carbocycles. The smallest absolute Gasteiger partial charge is 0.262 e. The van der Waals surface area contributed by atoms with Crippen LogP contribution in [0, 0.1) is 5.82 Å². The number of rotatable bonds is 13. The Labute approximate surface area is 236 Å². The number of allylic oxidation sites excluding steroid dienone is 1. The number of nitrogens with zero attached hydrogens (tertiary/aromatic N) is 1. The Balaban J connectivity index is 1.64. The minimum absolute atomic E-state index is 0.318. The predicted molar refractivity (Wildman–Crippen MR) is 152 cm³/mol. The second-order valence-corrected chi connectivity index (χ2v) is 8.68. The van der Waals surface area contributed by atoms with E-state index in [9.17, 15) is 18.8 Å². The highest BCUT2D eigenvalue weighted by Gasteiger charge is 2.15. The molecule has 0 radical (unpaired) electrons. The Morgan fingerprint density at radius 1 is 1.00 bits per heavy atom. The Morgan fingerprint density at radius 3 is 2.45 bits per heavy atom. The first-order valence-electron chi connectivity index (χ1n) is 12.2. The van der Waals surface area contributed by atoms with Crippen LogP contribution in [-0.2, 0) is 20.8 Å². The number of ether oxygens (including phenoxy) is 2. The van der Waals surface area contributed by atoms with E-state index in [4.69, 9.17) is 21.1 Å². The van der Waals surface area contributed by atoms with Gasteiger partial charge >= 0.3 is 0 Å². The Bertz CT molecular complexity index is 1400. The summed E-state index contributed by atoms with van der Waals surface area (Å²) >= 11 is 6.02. The molecule has 0 heterocycles. The van der Waals surface area contributed by atoms with Gasteiger partial charge in [0.15, 0.2) is 18.1 Å². The van der Waals surface area contributed by atoms with E-state index >= 15 is 0 Å². The second-order valence-electron chi connectivity index (χ2n) is 8.27. The van der Waals surface area contributed by atoms with Crippen LogP contribution in [0.2, 0.25) is 5.02 Å². The second kappa shape index (κ2) is 15.0. The van der Waals surface area contributed by atoms with E-state index in [0.29, 0.717) is 52.1 Å². The topological polar surface area (TPSA) is 118 Å². The molecule has 0 unspecified atom stereocenters. The maximum atomic E-state index is 13.1. The summed E-state index contributed by atoms with van der Waals surface area (Å²) in [5, 5.41) is 9.49. The third kappa shape index (κ3) is 9.25. The number of hydrazone groups is 1. The molecule has 0 aliphatic heterocycles. The Kier molecular flexibility index (Phi) is 11.2. The fraction of sp³-hybridized carbons (Fsp3) is 0.172. The number of carbonyl (C=O) groups excluding carboxylic acids is 3. The summed E-state index contributed by atoms with van der Waals surface area (Å²) in [4.78, 5) is 36.7. The molecule has 0 aromatic heterocycles. The molecule has 0 bridgehead atoms. The third-order valence-electron chi connectivity index (χ3n) is 5.17. The van der Waals surface area contributed by atoms with E-state index in [2.05, 4.69) is 27.7 Å². The number of halogens is 2. The molecule has 3 aromatic rings. The molecular formula is C29H28ClFN4O5. The van der Waals surface area contributed by atoms with Crippen LogP contribution in [0.25, 0.3) is 0 Å². The van der Waals surface area contributed by atoms with Crippen molar-refractivity contribution in [3.8, 4) is 11.5 Å². The average molecular weight is 567 g/mol. The van der Waals surface area contributed by atoms with E-state index in [-0.39, 0.29) is 6.61 Å². The van der Waals surface area contributed by atoms with Crippen molar-refractivity contribution in [1.82, 2.24) is 5.43 Å². The quantitative estimate of drug-likeness (QED) is 0.115. The molecular weight excluding hydrogens is 539 g/mol. The molecule has 0 aliphatic rings. The van der Waals surface area contributed by atoms with Gasteiger partial charge < -0.3 is 20.1 Å². The fourth-order valence-corrected chi connectivity index (χ4v) is 3.66. The molecule has 0 atom stereocenters. The van der Waals surface area contributed by atoms with Gasteiger partial charge in [0, 0.05) is 11.3 Å². The average Bonchev–Trinajstić information content (AvgIpc) is 2.91. The van der Waals surface area contributed by atoms with E-state index < -0.39 is 30.0 Å². The first-order valence-corrected chi connectivity index (χ1v) is 12.6. The fourth-order valence-electron chi connectivity index (χ4n) is 3.48. The summed E-state index contributed by atoms with van der Waals surface area (Å²) in [5.74, 6) is -1.30.